The lowest BCUT2D eigenvalue weighted by Gasteiger charge is -2.37. The van der Waals surface area contributed by atoms with E-state index in [4.69, 9.17) is 4.74 Å². The van der Waals surface area contributed by atoms with Gasteiger partial charge >= 0.3 is 0 Å². The minimum Gasteiger partial charge on any atom is -0.395 e. The van der Waals surface area contributed by atoms with E-state index in [0.717, 1.165) is 52.2 Å². The third kappa shape index (κ3) is 3.17. The number of aliphatic hydroxyl groups excluding tert-OH is 1. The molecule has 16 heavy (non-hydrogen) atoms. The maximum atomic E-state index is 9.62. The summed E-state index contributed by atoms with van der Waals surface area (Å²) in [4.78, 5) is 2.47. The SMILES string of the molecule is OCC(C1CCOCC1)N1CCCNCC1. The van der Waals surface area contributed by atoms with E-state index in [9.17, 15) is 5.11 Å². The zero-order valence-electron chi connectivity index (χ0n) is 10.0. The fraction of sp³-hybridized carbons (Fsp3) is 1.00. The molecule has 0 amide bonds. The molecule has 4 nitrogen and oxygen atoms in total. The summed E-state index contributed by atoms with van der Waals surface area (Å²) in [5.41, 5.74) is 0. The molecule has 4 heteroatoms. The first-order valence-corrected chi connectivity index (χ1v) is 6.55. The third-order valence-electron chi connectivity index (χ3n) is 3.84. The highest BCUT2D eigenvalue weighted by Crippen LogP contribution is 2.23. The van der Waals surface area contributed by atoms with E-state index in [2.05, 4.69) is 10.2 Å². The van der Waals surface area contributed by atoms with Crippen molar-refractivity contribution in [2.24, 2.45) is 5.92 Å². The van der Waals surface area contributed by atoms with Gasteiger partial charge in [0.15, 0.2) is 0 Å². The Labute approximate surface area is 98.0 Å². The van der Waals surface area contributed by atoms with Gasteiger partial charge in [-0.1, -0.05) is 0 Å². The molecule has 1 atom stereocenters. The molecule has 2 rings (SSSR count). The van der Waals surface area contributed by atoms with Crippen LogP contribution in [-0.4, -0.2) is 62.0 Å². The molecular formula is C12H24N2O2. The Kier molecular flexibility index (Phi) is 5.03. The molecule has 0 bridgehead atoms. The van der Waals surface area contributed by atoms with Crippen molar-refractivity contribution in [1.29, 1.82) is 0 Å². The van der Waals surface area contributed by atoms with Crippen LogP contribution < -0.4 is 5.32 Å². The van der Waals surface area contributed by atoms with Crippen molar-refractivity contribution in [3.8, 4) is 0 Å². The van der Waals surface area contributed by atoms with Crippen molar-refractivity contribution < 1.29 is 9.84 Å². The van der Waals surface area contributed by atoms with Crippen molar-refractivity contribution in [2.75, 3.05) is 46.0 Å². The van der Waals surface area contributed by atoms with E-state index < -0.39 is 0 Å². The number of ether oxygens (including phenoxy) is 1. The second-order valence-electron chi connectivity index (χ2n) is 4.84. The van der Waals surface area contributed by atoms with Crippen LogP contribution in [0.3, 0.4) is 0 Å². The molecule has 2 heterocycles. The number of aliphatic hydroxyl groups is 1. The van der Waals surface area contributed by atoms with Gasteiger partial charge in [-0.25, -0.2) is 0 Å². The van der Waals surface area contributed by atoms with Crippen molar-refractivity contribution >= 4 is 0 Å². The first-order valence-electron chi connectivity index (χ1n) is 6.55. The molecule has 0 aromatic carbocycles. The van der Waals surface area contributed by atoms with Crippen LogP contribution in [0.5, 0.6) is 0 Å². The highest BCUT2D eigenvalue weighted by atomic mass is 16.5. The van der Waals surface area contributed by atoms with E-state index >= 15 is 0 Å². The average Bonchev–Trinajstić information content (AvgIpc) is 2.61. The first kappa shape index (κ1) is 12.3. The van der Waals surface area contributed by atoms with E-state index in [1.165, 1.54) is 6.42 Å². The summed E-state index contributed by atoms with van der Waals surface area (Å²) in [7, 11) is 0. The predicted molar refractivity (Wildman–Crippen MR) is 63.5 cm³/mol. The van der Waals surface area contributed by atoms with Crippen molar-refractivity contribution in [1.82, 2.24) is 10.2 Å². The highest BCUT2D eigenvalue weighted by molar-refractivity contribution is 4.82. The minimum absolute atomic E-state index is 0.296. The molecule has 2 aliphatic rings. The Morgan fingerprint density at radius 2 is 2.06 bits per heavy atom. The second kappa shape index (κ2) is 6.55. The van der Waals surface area contributed by atoms with E-state index in [0.29, 0.717) is 18.6 Å². The van der Waals surface area contributed by atoms with Crippen LogP contribution in [0.25, 0.3) is 0 Å². The zero-order chi connectivity index (χ0) is 11.2. The topological polar surface area (TPSA) is 44.7 Å². The van der Waals surface area contributed by atoms with Crippen LogP contribution in [0.15, 0.2) is 0 Å². The zero-order valence-corrected chi connectivity index (χ0v) is 10.0. The molecule has 0 spiro atoms. The molecule has 0 radical (unpaired) electrons. The summed E-state index contributed by atoms with van der Waals surface area (Å²) >= 11 is 0. The Bertz CT molecular complexity index is 187. The number of nitrogens with one attached hydrogen (secondary N) is 1. The van der Waals surface area contributed by atoms with Gasteiger partial charge in [-0.3, -0.25) is 4.90 Å². The molecule has 94 valence electrons. The summed E-state index contributed by atoms with van der Waals surface area (Å²) in [6.45, 7) is 6.39. The van der Waals surface area contributed by atoms with Gasteiger partial charge in [0.25, 0.3) is 0 Å². The van der Waals surface area contributed by atoms with Crippen LogP contribution in [0.1, 0.15) is 19.3 Å². The molecule has 2 N–H and O–H groups in total. The van der Waals surface area contributed by atoms with Crippen molar-refractivity contribution in [2.45, 2.75) is 25.3 Å². The van der Waals surface area contributed by atoms with Crippen LogP contribution in [0.4, 0.5) is 0 Å². The van der Waals surface area contributed by atoms with Gasteiger partial charge in [0.1, 0.15) is 0 Å². The predicted octanol–water partition coefficient (Wildman–Crippen LogP) is 0.0692. The van der Waals surface area contributed by atoms with E-state index in [-0.39, 0.29) is 0 Å². The summed E-state index contributed by atoms with van der Waals surface area (Å²) in [5.74, 6) is 0.622. The van der Waals surface area contributed by atoms with Gasteiger partial charge in [-0.05, 0) is 38.3 Å². The number of rotatable bonds is 3. The first-order chi connectivity index (χ1) is 7.92. The number of hydrogen-bond acceptors (Lipinski definition) is 4. The maximum Gasteiger partial charge on any atom is 0.0589 e. The molecule has 2 fully saturated rings. The average molecular weight is 228 g/mol. The lowest BCUT2D eigenvalue weighted by atomic mass is 9.91. The normalized spacial score (nSPS) is 27.6. The molecule has 0 saturated carbocycles. The lowest BCUT2D eigenvalue weighted by Crippen LogP contribution is -2.46. The standard InChI is InChI=1S/C12H24N2O2/c15-10-12(11-2-8-16-9-3-11)14-6-1-4-13-5-7-14/h11-13,15H,1-10H2. The van der Waals surface area contributed by atoms with Gasteiger partial charge in [0.2, 0.25) is 0 Å². The van der Waals surface area contributed by atoms with Crippen molar-refractivity contribution in [3.05, 3.63) is 0 Å². The highest BCUT2D eigenvalue weighted by Gasteiger charge is 2.28. The lowest BCUT2D eigenvalue weighted by molar-refractivity contribution is 0.00844. The van der Waals surface area contributed by atoms with E-state index in [1.54, 1.807) is 0 Å². The summed E-state index contributed by atoms with van der Waals surface area (Å²) in [5, 5.41) is 13.0. The molecular weight excluding hydrogens is 204 g/mol. The monoisotopic (exact) mass is 228 g/mol. The second-order valence-corrected chi connectivity index (χ2v) is 4.84. The molecule has 1 unspecified atom stereocenters. The summed E-state index contributed by atoms with van der Waals surface area (Å²) in [6, 6.07) is 0.351. The molecule has 2 saturated heterocycles. The van der Waals surface area contributed by atoms with Crippen LogP contribution in [-0.2, 0) is 4.74 Å². The minimum atomic E-state index is 0.296. The molecule has 2 aliphatic heterocycles. The smallest absolute Gasteiger partial charge is 0.0589 e. The largest absolute Gasteiger partial charge is 0.395 e. The Morgan fingerprint density at radius 1 is 1.25 bits per heavy atom. The van der Waals surface area contributed by atoms with Crippen LogP contribution in [0.2, 0.25) is 0 Å². The van der Waals surface area contributed by atoms with Crippen LogP contribution >= 0.6 is 0 Å². The van der Waals surface area contributed by atoms with Gasteiger partial charge < -0.3 is 15.2 Å². The Balaban J connectivity index is 1.90. The fourth-order valence-electron chi connectivity index (χ4n) is 2.86. The third-order valence-corrected chi connectivity index (χ3v) is 3.84. The molecule has 0 aromatic heterocycles. The number of hydrogen-bond donors (Lipinski definition) is 2. The van der Waals surface area contributed by atoms with Crippen molar-refractivity contribution in [3.63, 3.8) is 0 Å². The quantitative estimate of drug-likeness (QED) is 0.717. The molecule has 0 aliphatic carbocycles. The van der Waals surface area contributed by atoms with Gasteiger partial charge in [0, 0.05) is 32.3 Å². The van der Waals surface area contributed by atoms with Crippen LogP contribution in [0, 0.1) is 5.92 Å². The summed E-state index contributed by atoms with van der Waals surface area (Å²) < 4.78 is 5.39. The van der Waals surface area contributed by atoms with Gasteiger partial charge in [-0.15, -0.1) is 0 Å². The van der Waals surface area contributed by atoms with E-state index in [1.807, 2.05) is 0 Å². The Hall–Kier alpha value is -0.160. The fourth-order valence-corrected chi connectivity index (χ4v) is 2.86. The number of nitrogens with zero attached hydrogens (tertiary/aromatic N) is 1. The molecule has 0 aromatic rings. The summed E-state index contributed by atoms with van der Waals surface area (Å²) in [6.07, 6.45) is 3.41. The Morgan fingerprint density at radius 3 is 2.81 bits per heavy atom. The maximum absolute atomic E-state index is 9.62. The van der Waals surface area contributed by atoms with Gasteiger partial charge in [0.05, 0.1) is 6.61 Å². The van der Waals surface area contributed by atoms with Gasteiger partial charge in [-0.2, -0.15) is 0 Å².